The van der Waals surface area contributed by atoms with Gasteiger partial charge < -0.3 is 9.84 Å². The van der Waals surface area contributed by atoms with Crippen molar-refractivity contribution in [2.24, 2.45) is 0 Å². The second-order valence-corrected chi connectivity index (χ2v) is 11.6. The minimum Gasteiger partial charge on any atom is -0.482 e. The molecule has 34 heavy (non-hydrogen) atoms. The molecule has 0 aliphatic carbocycles. The molecule has 0 aliphatic heterocycles. The van der Waals surface area contributed by atoms with Gasteiger partial charge in [-0.1, -0.05) is 26.0 Å². The van der Waals surface area contributed by atoms with E-state index in [1.807, 2.05) is 30.8 Å². The molecule has 0 saturated carbocycles. The van der Waals surface area contributed by atoms with E-state index in [1.165, 1.54) is 22.6 Å². The number of thiophene rings is 1. The Bertz CT molecular complexity index is 1120. The zero-order chi connectivity index (χ0) is 24.9. The van der Waals surface area contributed by atoms with Crippen LogP contribution in [0.4, 0.5) is 13.2 Å². The number of aliphatic carboxylic acids is 1. The van der Waals surface area contributed by atoms with E-state index in [9.17, 15) is 18.0 Å². The Morgan fingerprint density at radius 2 is 1.79 bits per heavy atom. The van der Waals surface area contributed by atoms with Gasteiger partial charge in [0.25, 0.3) is 0 Å². The predicted molar refractivity (Wildman–Crippen MR) is 135 cm³/mol. The number of benzene rings is 2. The summed E-state index contributed by atoms with van der Waals surface area (Å²) in [7, 11) is 0. The number of carboxylic acids is 1. The van der Waals surface area contributed by atoms with Gasteiger partial charge in [-0.05, 0) is 65.3 Å². The van der Waals surface area contributed by atoms with Crippen LogP contribution in [0.3, 0.4) is 0 Å². The van der Waals surface area contributed by atoms with Crippen molar-refractivity contribution in [1.29, 1.82) is 0 Å². The predicted octanol–water partition coefficient (Wildman–Crippen LogP) is 8.14. The zero-order valence-electron chi connectivity index (χ0n) is 18.9. The summed E-state index contributed by atoms with van der Waals surface area (Å²) in [6, 6.07) is 13.1. The summed E-state index contributed by atoms with van der Waals surface area (Å²) in [5.41, 5.74) is 2.19. The molecule has 0 fully saturated rings. The Balaban J connectivity index is 1.78. The molecule has 182 valence electrons. The van der Waals surface area contributed by atoms with Gasteiger partial charge in [0.1, 0.15) is 5.75 Å². The number of thioether (sulfide) groups is 2. The number of ether oxygens (including phenoxy) is 1. The van der Waals surface area contributed by atoms with E-state index in [0.717, 1.165) is 44.5 Å². The van der Waals surface area contributed by atoms with Crippen LogP contribution in [-0.2, 0) is 22.5 Å². The monoisotopic (exact) mass is 526 g/mol. The minimum absolute atomic E-state index is 0.383. The smallest absolute Gasteiger partial charge is 0.416 e. The number of carbonyl (C=O) groups is 1. The number of hydrogen-bond acceptors (Lipinski definition) is 5. The lowest BCUT2D eigenvalue weighted by atomic mass is 10.1. The molecule has 0 unspecified atom stereocenters. The maximum absolute atomic E-state index is 12.9. The Hall–Kier alpha value is -2.10. The second-order valence-electron chi connectivity index (χ2n) is 7.89. The van der Waals surface area contributed by atoms with E-state index in [4.69, 9.17) is 9.84 Å². The van der Waals surface area contributed by atoms with Crippen molar-refractivity contribution in [2.75, 3.05) is 6.61 Å². The van der Waals surface area contributed by atoms with E-state index in [2.05, 4.69) is 19.9 Å². The number of hydrogen-bond donors (Lipinski definition) is 1. The van der Waals surface area contributed by atoms with Crippen LogP contribution in [0.1, 0.15) is 35.4 Å². The molecular weight excluding hydrogens is 501 g/mol. The first kappa shape index (κ1) is 26.5. The zero-order valence-corrected chi connectivity index (χ0v) is 21.4. The third-order valence-corrected chi connectivity index (χ3v) is 8.41. The molecule has 0 spiro atoms. The summed E-state index contributed by atoms with van der Waals surface area (Å²) in [5, 5.41) is 9.26. The third-order valence-electron chi connectivity index (χ3n) is 4.83. The maximum atomic E-state index is 12.9. The first-order valence-electron chi connectivity index (χ1n) is 10.5. The SMILES string of the molecule is Cc1cc(SCc2sc(-c3ccc(C(F)(F)F)cc3)cc2CSC(C)C)ccc1OCC(=O)O. The molecule has 0 bridgehead atoms. The topological polar surface area (TPSA) is 46.5 Å². The van der Waals surface area contributed by atoms with E-state index in [-0.39, 0.29) is 6.61 Å². The van der Waals surface area contributed by atoms with E-state index in [1.54, 1.807) is 29.2 Å². The fourth-order valence-corrected chi connectivity index (χ4v) is 6.26. The average molecular weight is 527 g/mol. The molecule has 0 amide bonds. The van der Waals surface area contributed by atoms with Crippen LogP contribution < -0.4 is 4.74 Å². The average Bonchev–Trinajstić information content (AvgIpc) is 3.18. The molecule has 3 nitrogen and oxygen atoms in total. The van der Waals surface area contributed by atoms with Crippen molar-refractivity contribution in [3.05, 3.63) is 70.1 Å². The minimum atomic E-state index is -4.35. The molecule has 3 rings (SSSR count). The van der Waals surface area contributed by atoms with Crippen LogP contribution in [-0.4, -0.2) is 22.9 Å². The third kappa shape index (κ3) is 7.45. The molecular formula is C25H25F3O3S3. The Kier molecular flexibility index (Phi) is 9.01. The van der Waals surface area contributed by atoms with E-state index < -0.39 is 17.7 Å². The van der Waals surface area contributed by atoms with Gasteiger partial charge in [-0.15, -0.1) is 23.1 Å². The van der Waals surface area contributed by atoms with Crippen molar-refractivity contribution < 1.29 is 27.8 Å². The Labute approximate surface area is 209 Å². The van der Waals surface area contributed by atoms with Crippen LogP contribution >= 0.6 is 34.9 Å². The normalized spacial score (nSPS) is 11.7. The Morgan fingerprint density at radius 3 is 2.38 bits per heavy atom. The van der Waals surface area contributed by atoms with E-state index >= 15 is 0 Å². The quantitative estimate of drug-likeness (QED) is 0.270. The fraction of sp³-hybridized carbons (Fsp3) is 0.320. The summed E-state index contributed by atoms with van der Waals surface area (Å²) in [6.45, 7) is 5.77. The van der Waals surface area contributed by atoms with Gasteiger partial charge in [-0.25, -0.2) is 4.79 Å². The van der Waals surface area contributed by atoms with Crippen LogP contribution in [0.5, 0.6) is 5.75 Å². The van der Waals surface area contributed by atoms with Gasteiger partial charge in [0, 0.05) is 26.2 Å². The standard InChI is InChI=1S/C25H25F3O3S3/c1-15(2)32-13-18-11-22(17-4-6-19(7-5-17)25(26,27)28)34-23(18)14-33-20-8-9-21(16(3)10-20)31-12-24(29)30/h4-11,15H,12-14H2,1-3H3,(H,29,30). The van der Waals surface area contributed by atoms with Gasteiger partial charge >= 0.3 is 12.1 Å². The highest BCUT2D eigenvalue weighted by Gasteiger charge is 2.30. The number of alkyl halides is 3. The molecule has 2 aromatic carbocycles. The van der Waals surface area contributed by atoms with Crippen LogP contribution in [0, 0.1) is 6.92 Å². The second kappa shape index (κ2) is 11.6. The van der Waals surface area contributed by atoms with Crippen molar-refractivity contribution in [3.63, 3.8) is 0 Å². The summed E-state index contributed by atoms with van der Waals surface area (Å²) in [5.74, 6) is 1.09. The lowest BCUT2D eigenvalue weighted by molar-refractivity contribution is -0.139. The van der Waals surface area contributed by atoms with Crippen molar-refractivity contribution in [1.82, 2.24) is 0 Å². The molecule has 1 aromatic heterocycles. The highest BCUT2D eigenvalue weighted by atomic mass is 32.2. The molecule has 1 N–H and O–H groups in total. The summed E-state index contributed by atoms with van der Waals surface area (Å²) >= 11 is 5.11. The number of carboxylic acid groups (broad SMARTS) is 1. The van der Waals surface area contributed by atoms with Crippen molar-refractivity contribution in [2.45, 2.75) is 48.6 Å². The largest absolute Gasteiger partial charge is 0.482 e. The van der Waals surface area contributed by atoms with Gasteiger partial charge in [-0.2, -0.15) is 24.9 Å². The lowest BCUT2D eigenvalue weighted by Crippen LogP contribution is -2.09. The first-order chi connectivity index (χ1) is 16.0. The molecule has 0 radical (unpaired) electrons. The fourth-order valence-electron chi connectivity index (χ4n) is 3.09. The number of rotatable bonds is 10. The van der Waals surface area contributed by atoms with Gasteiger partial charge in [0.05, 0.1) is 5.56 Å². The lowest BCUT2D eigenvalue weighted by Gasteiger charge is -2.09. The van der Waals surface area contributed by atoms with Crippen LogP contribution in [0.2, 0.25) is 0 Å². The van der Waals surface area contributed by atoms with Crippen LogP contribution in [0.15, 0.2) is 53.4 Å². The summed E-state index contributed by atoms with van der Waals surface area (Å²) < 4.78 is 44.1. The first-order valence-corrected chi connectivity index (χ1v) is 13.4. The van der Waals surface area contributed by atoms with E-state index in [0.29, 0.717) is 11.0 Å². The number of halogens is 3. The summed E-state index contributed by atoms with van der Waals surface area (Å²) in [4.78, 5) is 13.9. The Morgan fingerprint density at radius 1 is 1.09 bits per heavy atom. The van der Waals surface area contributed by atoms with Gasteiger partial charge in [-0.3, -0.25) is 0 Å². The van der Waals surface area contributed by atoms with Crippen LogP contribution in [0.25, 0.3) is 10.4 Å². The van der Waals surface area contributed by atoms with Crippen molar-refractivity contribution >= 4 is 40.8 Å². The highest BCUT2D eigenvalue weighted by Crippen LogP contribution is 2.39. The molecule has 0 atom stereocenters. The molecule has 3 aromatic rings. The van der Waals surface area contributed by atoms with Crippen molar-refractivity contribution in [3.8, 4) is 16.2 Å². The molecule has 9 heteroatoms. The molecule has 1 heterocycles. The van der Waals surface area contributed by atoms with Gasteiger partial charge in [0.2, 0.25) is 0 Å². The molecule has 0 aliphatic rings. The molecule has 0 saturated heterocycles. The summed E-state index contributed by atoms with van der Waals surface area (Å²) in [6.07, 6.45) is -4.35. The maximum Gasteiger partial charge on any atom is 0.416 e. The highest BCUT2D eigenvalue weighted by molar-refractivity contribution is 7.99. The van der Waals surface area contributed by atoms with Gasteiger partial charge in [0.15, 0.2) is 6.61 Å². The number of aryl methyl sites for hydroxylation is 1.